The Hall–Kier alpha value is -1.66. The van der Waals surface area contributed by atoms with Crippen molar-refractivity contribution < 1.29 is 4.74 Å². The first-order valence-corrected chi connectivity index (χ1v) is 6.85. The maximum atomic E-state index is 6.19. The molecule has 7 heteroatoms. The number of nitrogen functional groups attached to an aromatic ring is 1. The Bertz CT molecular complexity index is 570. The molecule has 0 radical (unpaired) electrons. The van der Waals surface area contributed by atoms with Crippen LogP contribution in [0.2, 0.25) is 5.02 Å². The molecule has 0 aliphatic heterocycles. The first kappa shape index (κ1) is 14.7. The smallest absolute Gasteiger partial charge is 0.183 e. The summed E-state index contributed by atoms with van der Waals surface area (Å²) >= 11 is 6.19. The summed E-state index contributed by atoms with van der Waals surface area (Å²) in [6, 6.07) is 5.41. The molecule has 0 fully saturated rings. The van der Waals surface area contributed by atoms with E-state index in [2.05, 4.69) is 29.4 Å². The van der Waals surface area contributed by atoms with Gasteiger partial charge in [0.2, 0.25) is 0 Å². The topological polar surface area (TPSA) is 78.8 Å². The molecule has 0 aliphatic carbocycles. The molecule has 0 saturated heterocycles. The van der Waals surface area contributed by atoms with Crippen LogP contribution in [0, 0.1) is 5.92 Å². The van der Waals surface area contributed by atoms with E-state index < -0.39 is 0 Å². The monoisotopic (exact) mass is 295 g/mol. The summed E-state index contributed by atoms with van der Waals surface area (Å²) in [5.41, 5.74) is 7.03. The van der Waals surface area contributed by atoms with Crippen LogP contribution in [0.5, 0.6) is 0 Å². The minimum atomic E-state index is 0.464. The molecule has 2 aromatic rings. The molecule has 0 aliphatic rings. The van der Waals surface area contributed by atoms with Crippen molar-refractivity contribution in [2.24, 2.45) is 5.92 Å². The molecule has 2 N–H and O–H groups in total. The van der Waals surface area contributed by atoms with Crippen LogP contribution in [-0.4, -0.2) is 33.4 Å². The largest absolute Gasteiger partial charge is 0.398 e. The Labute approximate surface area is 122 Å². The van der Waals surface area contributed by atoms with Gasteiger partial charge in [-0.05, 0) is 28.5 Å². The summed E-state index contributed by atoms with van der Waals surface area (Å²) in [7, 11) is 0. The van der Waals surface area contributed by atoms with Gasteiger partial charge in [-0.25, -0.2) is 4.68 Å². The fourth-order valence-corrected chi connectivity index (χ4v) is 1.95. The Morgan fingerprint density at radius 1 is 1.40 bits per heavy atom. The average Bonchev–Trinajstić information content (AvgIpc) is 2.86. The molecule has 0 saturated carbocycles. The van der Waals surface area contributed by atoms with E-state index >= 15 is 0 Å². The van der Waals surface area contributed by atoms with Gasteiger partial charge < -0.3 is 10.5 Å². The number of aromatic nitrogens is 4. The van der Waals surface area contributed by atoms with Gasteiger partial charge in [0.05, 0.1) is 23.9 Å². The van der Waals surface area contributed by atoms with E-state index in [4.69, 9.17) is 22.1 Å². The molecule has 0 atom stereocenters. The fraction of sp³-hybridized carbons (Fsp3) is 0.462. The predicted molar refractivity (Wildman–Crippen MR) is 78.3 cm³/mol. The number of benzene rings is 1. The highest BCUT2D eigenvalue weighted by Crippen LogP contribution is 2.30. The molecule has 1 aromatic carbocycles. The van der Waals surface area contributed by atoms with Crippen LogP contribution in [0.3, 0.4) is 0 Å². The van der Waals surface area contributed by atoms with Gasteiger partial charge in [-0.1, -0.05) is 31.5 Å². The third-order valence-corrected chi connectivity index (χ3v) is 3.12. The van der Waals surface area contributed by atoms with Gasteiger partial charge in [-0.2, -0.15) is 0 Å². The van der Waals surface area contributed by atoms with Gasteiger partial charge in [0, 0.05) is 12.2 Å². The summed E-state index contributed by atoms with van der Waals surface area (Å²) in [6.07, 6.45) is 0. The Kier molecular flexibility index (Phi) is 4.92. The lowest BCUT2D eigenvalue weighted by Crippen LogP contribution is -2.11. The third-order valence-electron chi connectivity index (χ3n) is 2.70. The first-order chi connectivity index (χ1) is 9.59. The molecular weight excluding hydrogens is 278 g/mol. The second kappa shape index (κ2) is 6.67. The number of anilines is 1. The summed E-state index contributed by atoms with van der Waals surface area (Å²) in [6.45, 7) is 6.05. The van der Waals surface area contributed by atoms with Crippen molar-refractivity contribution in [3.8, 4) is 11.4 Å². The molecule has 1 aromatic heterocycles. The van der Waals surface area contributed by atoms with Crippen molar-refractivity contribution in [3.05, 3.63) is 23.2 Å². The standard InChI is InChI=1S/C13H18ClN5O/c1-9(2)8-20-7-6-19-13(16-17-18-19)10-4-3-5-11(15)12(10)14/h3-5,9H,6-8,15H2,1-2H3. The van der Waals surface area contributed by atoms with Crippen molar-refractivity contribution in [2.45, 2.75) is 20.4 Å². The van der Waals surface area contributed by atoms with Crippen LogP contribution in [-0.2, 0) is 11.3 Å². The van der Waals surface area contributed by atoms with Crippen LogP contribution in [0.4, 0.5) is 5.69 Å². The maximum Gasteiger partial charge on any atom is 0.183 e. The van der Waals surface area contributed by atoms with Gasteiger partial charge in [-0.15, -0.1) is 5.10 Å². The minimum absolute atomic E-state index is 0.464. The summed E-state index contributed by atoms with van der Waals surface area (Å²) in [5.74, 6) is 1.10. The number of tetrazole rings is 1. The highest BCUT2D eigenvalue weighted by atomic mass is 35.5. The highest BCUT2D eigenvalue weighted by molar-refractivity contribution is 6.35. The van der Waals surface area contributed by atoms with E-state index in [9.17, 15) is 0 Å². The molecule has 2 rings (SSSR count). The predicted octanol–water partition coefficient (Wildman–Crippen LogP) is 2.25. The molecule has 108 valence electrons. The number of nitrogens with two attached hydrogens (primary N) is 1. The maximum absolute atomic E-state index is 6.19. The lowest BCUT2D eigenvalue weighted by molar-refractivity contribution is 0.101. The Balaban J connectivity index is 2.10. The van der Waals surface area contributed by atoms with Crippen molar-refractivity contribution >= 4 is 17.3 Å². The Morgan fingerprint density at radius 2 is 2.20 bits per heavy atom. The fourth-order valence-electron chi connectivity index (χ4n) is 1.74. The number of rotatable bonds is 6. The second-order valence-electron chi connectivity index (χ2n) is 4.90. The van der Waals surface area contributed by atoms with Crippen molar-refractivity contribution in [3.63, 3.8) is 0 Å². The van der Waals surface area contributed by atoms with E-state index in [0.29, 0.717) is 35.6 Å². The third kappa shape index (κ3) is 3.46. The summed E-state index contributed by atoms with van der Waals surface area (Å²) < 4.78 is 7.21. The highest BCUT2D eigenvalue weighted by Gasteiger charge is 2.13. The number of hydrogen-bond donors (Lipinski definition) is 1. The van der Waals surface area contributed by atoms with Crippen molar-refractivity contribution in [1.82, 2.24) is 20.2 Å². The summed E-state index contributed by atoms with van der Waals surface area (Å²) in [5, 5.41) is 12.1. The van der Waals surface area contributed by atoms with Crippen LogP contribution >= 0.6 is 11.6 Å². The van der Waals surface area contributed by atoms with Gasteiger partial charge in [-0.3, -0.25) is 0 Å². The van der Waals surface area contributed by atoms with E-state index in [-0.39, 0.29) is 0 Å². The van der Waals surface area contributed by atoms with Gasteiger partial charge in [0.1, 0.15) is 0 Å². The molecular formula is C13H18ClN5O. The molecule has 1 heterocycles. The van der Waals surface area contributed by atoms with Gasteiger partial charge >= 0.3 is 0 Å². The quantitative estimate of drug-likeness (QED) is 0.653. The van der Waals surface area contributed by atoms with Crippen LogP contribution in [0.1, 0.15) is 13.8 Å². The van der Waals surface area contributed by atoms with E-state index in [1.165, 1.54) is 0 Å². The number of nitrogens with zero attached hydrogens (tertiary/aromatic N) is 4. The average molecular weight is 296 g/mol. The lowest BCUT2D eigenvalue weighted by Gasteiger charge is -2.09. The zero-order chi connectivity index (χ0) is 14.5. The molecule has 0 bridgehead atoms. The van der Waals surface area contributed by atoms with Gasteiger partial charge in [0.15, 0.2) is 5.82 Å². The van der Waals surface area contributed by atoms with E-state index in [0.717, 1.165) is 12.2 Å². The molecule has 6 nitrogen and oxygen atoms in total. The molecule has 0 spiro atoms. The minimum Gasteiger partial charge on any atom is -0.398 e. The zero-order valence-electron chi connectivity index (χ0n) is 11.6. The van der Waals surface area contributed by atoms with E-state index in [1.807, 2.05) is 12.1 Å². The van der Waals surface area contributed by atoms with Gasteiger partial charge in [0.25, 0.3) is 0 Å². The summed E-state index contributed by atoms with van der Waals surface area (Å²) in [4.78, 5) is 0. The first-order valence-electron chi connectivity index (χ1n) is 6.48. The Morgan fingerprint density at radius 3 is 2.95 bits per heavy atom. The zero-order valence-corrected chi connectivity index (χ0v) is 12.3. The number of ether oxygens (including phenoxy) is 1. The van der Waals surface area contributed by atoms with Crippen LogP contribution in [0.15, 0.2) is 18.2 Å². The number of halogens is 1. The van der Waals surface area contributed by atoms with Crippen LogP contribution in [0.25, 0.3) is 11.4 Å². The second-order valence-corrected chi connectivity index (χ2v) is 5.28. The normalized spacial score (nSPS) is 11.2. The SMILES string of the molecule is CC(C)COCCn1nnnc1-c1cccc(N)c1Cl. The molecule has 0 amide bonds. The van der Waals surface area contributed by atoms with E-state index in [1.54, 1.807) is 10.7 Å². The molecule has 0 unspecified atom stereocenters. The van der Waals surface area contributed by atoms with Crippen LogP contribution < -0.4 is 5.73 Å². The van der Waals surface area contributed by atoms with Crippen molar-refractivity contribution in [2.75, 3.05) is 18.9 Å². The molecule has 20 heavy (non-hydrogen) atoms. The van der Waals surface area contributed by atoms with Crippen molar-refractivity contribution in [1.29, 1.82) is 0 Å². The lowest BCUT2D eigenvalue weighted by atomic mass is 10.2. The number of hydrogen-bond acceptors (Lipinski definition) is 5.